The van der Waals surface area contributed by atoms with E-state index in [9.17, 15) is 0 Å². The predicted molar refractivity (Wildman–Crippen MR) is 81.5 cm³/mol. The Morgan fingerprint density at radius 2 is 1.95 bits per heavy atom. The van der Waals surface area contributed by atoms with Crippen molar-refractivity contribution in [2.75, 3.05) is 0 Å². The van der Waals surface area contributed by atoms with Gasteiger partial charge in [-0.15, -0.1) is 0 Å². The molecule has 2 unspecified atom stereocenters. The summed E-state index contributed by atoms with van der Waals surface area (Å²) in [6.45, 7) is 4.72. The molecule has 1 N–H and O–H groups in total. The minimum absolute atomic E-state index is 0.157. The molecule has 0 amide bonds. The van der Waals surface area contributed by atoms with Crippen molar-refractivity contribution in [3.8, 4) is 0 Å². The number of furan rings is 1. The molecule has 20 heavy (non-hydrogen) atoms. The first-order valence-electron chi connectivity index (χ1n) is 7.48. The third kappa shape index (κ3) is 2.96. The van der Waals surface area contributed by atoms with E-state index >= 15 is 0 Å². The van der Waals surface area contributed by atoms with E-state index in [1.54, 1.807) is 6.26 Å². The standard InChI is InChI=1S/C18H23NO/c1-18(2)11-10-15(13-18)19-17(16-9-6-12-20-16)14-7-4-3-5-8-14/h3-9,12,15,17,19H,10-11,13H2,1-2H3. The van der Waals surface area contributed by atoms with Crippen molar-refractivity contribution in [3.05, 3.63) is 60.1 Å². The average Bonchev–Trinajstić information content (AvgIpc) is 3.06. The van der Waals surface area contributed by atoms with Crippen LogP contribution in [0.2, 0.25) is 0 Å². The molecule has 3 rings (SSSR count). The molecule has 2 nitrogen and oxygen atoms in total. The Hall–Kier alpha value is -1.54. The van der Waals surface area contributed by atoms with E-state index in [1.165, 1.54) is 24.8 Å². The van der Waals surface area contributed by atoms with Crippen LogP contribution in [0.5, 0.6) is 0 Å². The molecule has 0 radical (unpaired) electrons. The van der Waals surface area contributed by atoms with Crippen molar-refractivity contribution in [3.63, 3.8) is 0 Å². The molecular weight excluding hydrogens is 246 g/mol. The van der Waals surface area contributed by atoms with Crippen molar-refractivity contribution in [1.29, 1.82) is 0 Å². The third-order valence-corrected chi connectivity index (χ3v) is 4.33. The zero-order chi connectivity index (χ0) is 14.0. The molecule has 2 atom stereocenters. The SMILES string of the molecule is CC1(C)CCC(NC(c2ccccc2)c2ccco2)C1. The molecule has 2 heteroatoms. The maximum Gasteiger partial charge on any atom is 0.125 e. The van der Waals surface area contributed by atoms with Crippen LogP contribution in [0.15, 0.2) is 53.1 Å². The van der Waals surface area contributed by atoms with Crippen LogP contribution in [0, 0.1) is 5.41 Å². The molecule has 2 aromatic rings. The topological polar surface area (TPSA) is 25.2 Å². The Labute approximate surface area is 121 Å². The van der Waals surface area contributed by atoms with Gasteiger partial charge in [0, 0.05) is 6.04 Å². The Bertz CT molecular complexity index is 530. The van der Waals surface area contributed by atoms with Gasteiger partial charge in [0.15, 0.2) is 0 Å². The fourth-order valence-corrected chi connectivity index (χ4v) is 3.26. The first kappa shape index (κ1) is 13.4. The largest absolute Gasteiger partial charge is 0.467 e. The summed E-state index contributed by atoms with van der Waals surface area (Å²) >= 11 is 0. The summed E-state index contributed by atoms with van der Waals surface area (Å²) in [6, 6.07) is 15.3. The maximum atomic E-state index is 5.65. The fourth-order valence-electron chi connectivity index (χ4n) is 3.26. The molecule has 1 fully saturated rings. The molecule has 0 spiro atoms. The van der Waals surface area contributed by atoms with E-state index in [2.05, 4.69) is 55.6 Å². The van der Waals surface area contributed by atoms with Gasteiger partial charge < -0.3 is 9.73 Å². The van der Waals surface area contributed by atoms with Crippen LogP contribution in [-0.4, -0.2) is 6.04 Å². The van der Waals surface area contributed by atoms with E-state index in [-0.39, 0.29) is 6.04 Å². The molecule has 0 aliphatic heterocycles. The Kier molecular flexibility index (Phi) is 3.66. The number of hydrogen-bond acceptors (Lipinski definition) is 2. The number of nitrogens with one attached hydrogen (secondary N) is 1. The monoisotopic (exact) mass is 269 g/mol. The molecule has 0 saturated heterocycles. The van der Waals surface area contributed by atoms with Gasteiger partial charge in [0.1, 0.15) is 5.76 Å². The summed E-state index contributed by atoms with van der Waals surface area (Å²) < 4.78 is 5.65. The van der Waals surface area contributed by atoms with Gasteiger partial charge in [-0.2, -0.15) is 0 Å². The Morgan fingerprint density at radius 3 is 2.55 bits per heavy atom. The summed E-state index contributed by atoms with van der Waals surface area (Å²) in [5.74, 6) is 1.00. The van der Waals surface area contributed by atoms with Crippen LogP contribution in [-0.2, 0) is 0 Å². The van der Waals surface area contributed by atoms with E-state index in [0.29, 0.717) is 11.5 Å². The normalized spacial score (nSPS) is 22.8. The second kappa shape index (κ2) is 5.45. The van der Waals surface area contributed by atoms with Gasteiger partial charge in [0.2, 0.25) is 0 Å². The van der Waals surface area contributed by atoms with Crippen molar-refractivity contribution in [2.45, 2.75) is 45.2 Å². The first-order chi connectivity index (χ1) is 9.64. The minimum Gasteiger partial charge on any atom is -0.467 e. The minimum atomic E-state index is 0.157. The van der Waals surface area contributed by atoms with Gasteiger partial charge in [-0.25, -0.2) is 0 Å². The van der Waals surface area contributed by atoms with Gasteiger partial charge >= 0.3 is 0 Å². The molecule has 1 aliphatic carbocycles. The summed E-state index contributed by atoms with van der Waals surface area (Å²) in [6.07, 6.45) is 5.53. The fraction of sp³-hybridized carbons (Fsp3) is 0.444. The number of hydrogen-bond donors (Lipinski definition) is 1. The molecule has 1 aromatic heterocycles. The summed E-state index contributed by atoms with van der Waals surface area (Å²) in [4.78, 5) is 0. The summed E-state index contributed by atoms with van der Waals surface area (Å²) in [5.41, 5.74) is 1.73. The highest BCUT2D eigenvalue weighted by Gasteiger charge is 2.32. The second-order valence-electron chi connectivity index (χ2n) is 6.63. The highest BCUT2D eigenvalue weighted by molar-refractivity contribution is 5.26. The van der Waals surface area contributed by atoms with Crippen LogP contribution in [0.4, 0.5) is 0 Å². The number of rotatable bonds is 4. The number of benzene rings is 1. The second-order valence-corrected chi connectivity index (χ2v) is 6.63. The zero-order valence-corrected chi connectivity index (χ0v) is 12.3. The lowest BCUT2D eigenvalue weighted by molar-refractivity contribution is 0.349. The van der Waals surface area contributed by atoms with Crippen LogP contribution >= 0.6 is 0 Å². The van der Waals surface area contributed by atoms with Crippen LogP contribution < -0.4 is 5.32 Å². The molecule has 1 saturated carbocycles. The molecule has 0 bridgehead atoms. The van der Waals surface area contributed by atoms with Crippen molar-refractivity contribution in [1.82, 2.24) is 5.32 Å². The van der Waals surface area contributed by atoms with E-state index in [1.807, 2.05) is 6.07 Å². The molecule has 106 valence electrons. The highest BCUT2D eigenvalue weighted by atomic mass is 16.3. The molecule has 1 aromatic carbocycles. The maximum absolute atomic E-state index is 5.65. The van der Waals surface area contributed by atoms with E-state index in [0.717, 1.165) is 5.76 Å². The lowest BCUT2D eigenvalue weighted by Crippen LogP contribution is -2.32. The van der Waals surface area contributed by atoms with E-state index < -0.39 is 0 Å². The smallest absolute Gasteiger partial charge is 0.125 e. The van der Waals surface area contributed by atoms with Crippen LogP contribution in [0.1, 0.15) is 50.5 Å². The zero-order valence-electron chi connectivity index (χ0n) is 12.3. The van der Waals surface area contributed by atoms with Gasteiger partial charge in [0.05, 0.1) is 12.3 Å². The first-order valence-corrected chi connectivity index (χ1v) is 7.48. The predicted octanol–water partition coefficient (Wildman–Crippen LogP) is 4.54. The van der Waals surface area contributed by atoms with Crippen molar-refractivity contribution >= 4 is 0 Å². The van der Waals surface area contributed by atoms with Gasteiger partial charge in [-0.1, -0.05) is 44.2 Å². The van der Waals surface area contributed by atoms with Gasteiger partial charge in [-0.3, -0.25) is 0 Å². The highest BCUT2D eigenvalue weighted by Crippen LogP contribution is 2.38. The third-order valence-electron chi connectivity index (χ3n) is 4.33. The van der Waals surface area contributed by atoms with Crippen LogP contribution in [0.3, 0.4) is 0 Å². The Morgan fingerprint density at radius 1 is 1.15 bits per heavy atom. The van der Waals surface area contributed by atoms with Gasteiger partial charge in [0.25, 0.3) is 0 Å². The quantitative estimate of drug-likeness (QED) is 0.881. The van der Waals surface area contributed by atoms with Crippen molar-refractivity contribution in [2.24, 2.45) is 5.41 Å². The average molecular weight is 269 g/mol. The van der Waals surface area contributed by atoms with Crippen molar-refractivity contribution < 1.29 is 4.42 Å². The Balaban J connectivity index is 1.81. The van der Waals surface area contributed by atoms with Crippen LogP contribution in [0.25, 0.3) is 0 Å². The molecule has 1 heterocycles. The molecular formula is C18H23NO. The van der Waals surface area contributed by atoms with E-state index in [4.69, 9.17) is 4.42 Å². The lowest BCUT2D eigenvalue weighted by atomic mass is 9.91. The molecule has 1 aliphatic rings. The summed E-state index contributed by atoms with van der Waals surface area (Å²) in [7, 11) is 0. The lowest BCUT2D eigenvalue weighted by Gasteiger charge is -2.23. The summed E-state index contributed by atoms with van der Waals surface area (Å²) in [5, 5.41) is 3.80. The van der Waals surface area contributed by atoms with Gasteiger partial charge in [-0.05, 0) is 42.4 Å².